The Morgan fingerprint density at radius 2 is 2.18 bits per heavy atom. The molecule has 1 aliphatic rings. The van der Waals surface area contributed by atoms with Gasteiger partial charge in [0, 0.05) is 13.1 Å². The van der Waals surface area contributed by atoms with Gasteiger partial charge in [0.2, 0.25) is 6.41 Å². The molecule has 6 nitrogen and oxygen atoms in total. The molecule has 0 aromatic carbocycles. The van der Waals surface area contributed by atoms with E-state index in [0.29, 0.717) is 19.4 Å². The van der Waals surface area contributed by atoms with Crippen molar-refractivity contribution in [2.45, 2.75) is 44.9 Å². The topological polar surface area (TPSA) is 78.9 Å². The lowest BCUT2D eigenvalue weighted by Crippen LogP contribution is -2.55. The number of carbonyl (C=O) groups excluding carboxylic acids is 2. The number of likely N-dealkylation sites (tertiary alicyclic amines) is 1. The minimum absolute atomic E-state index is 0.273. The van der Waals surface area contributed by atoms with Crippen LogP contribution in [0.3, 0.4) is 0 Å². The minimum atomic E-state index is -0.612. The van der Waals surface area contributed by atoms with Crippen LogP contribution in [0.4, 0.5) is 4.79 Å². The van der Waals surface area contributed by atoms with Gasteiger partial charge < -0.3 is 20.1 Å². The van der Waals surface area contributed by atoms with Crippen molar-refractivity contribution >= 4 is 12.5 Å². The SMILES string of the molecule is CC(C)(C)OC(=O)N1CCC(O)C(NC=O)C1. The Hall–Kier alpha value is -1.30. The van der Waals surface area contributed by atoms with Crippen LogP contribution >= 0.6 is 0 Å². The molecule has 1 saturated heterocycles. The fraction of sp³-hybridized carbons (Fsp3) is 0.818. The molecule has 1 heterocycles. The number of amides is 2. The Labute approximate surface area is 101 Å². The van der Waals surface area contributed by atoms with E-state index >= 15 is 0 Å². The lowest BCUT2D eigenvalue weighted by Gasteiger charge is -2.36. The van der Waals surface area contributed by atoms with Crippen molar-refractivity contribution < 1.29 is 19.4 Å². The Morgan fingerprint density at radius 1 is 1.53 bits per heavy atom. The van der Waals surface area contributed by atoms with Gasteiger partial charge in [0.05, 0.1) is 12.1 Å². The number of hydrogen-bond donors (Lipinski definition) is 2. The van der Waals surface area contributed by atoms with Crippen LogP contribution in [0, 0.1) is 0 Å². The highest BCUT2D eigenvalue weighted by molar-refractivity contribution is 5.68. The van der Waals surface area contributed by atoms with Gasteiger partial charge in [0.15, 0.2) is 0 Å². The minimum Gasteiger partial charge on any atom is -0.444 e. The second-order valence-corrected chi connectivity index (χ2v) is 5.17. The second kappa shape index (κ2) is 5.35. The first kappa shape index (κ1) is 13.8. The first-order valence-electron chi connectivity index (χ1n) is 5.69. The molecule has 1 fully saturated rings. The summed E-state index contributed by atoms with van der Waals surface area (Å²) >= 11 is 0. The zero-order chi connectivity index (χ0) is 13.1. The average Bonchev–Trinajstić information content (AvgIpc) is 2.19. The van der Waals surface area contributed by atoms with Crippen molar-refractivity contribution in [1.29, 1.82) is 0 Å². The van der Waals surface area contributed by atoms with E-state index in [2.05, 4.69) is 5.32 Å². The molecule has 1 rings (SSSR count). The fourth-order valence-electron chi connectivity index (χ4n) is 1.68. The first-order valence-corrected chi connectivity index (χ1v) is 5.69. The molecule has 2 N–H and O–H groups in total. The van der Waals surface area contributed by atoms with Gasteiger partial charge >= 0.3 is 6.09 Å². The molecule has 6 heteroatoms. The van der Waals surface area contributed by atoms with Crippen LogP contribution in [0.15, 0.2) is 0 Å². The first-order chi connectivity index (χ1) is 7.83. The summed E-state index contributed by atoms with van der Waals surface area (Å²) in [5, 5.41) is 12.1. The smallest absolute Gasteiger partial charge is 0.410 e. The number of aliphatic hydroxyl groups excluding tert-OH is 1. The molecule has 2 unspecified atom stereocenters. The van der Waals surface area contributed by atoms with E-state index in [1.807, 2.05) is 0 Å². The highest BCUT2D eigenvalue weighted by atomic mass is 16.6. The van der Waals surface area contributed by atoms with Crippen LogP contribution in [0.25, 0.3) is 0 Å². The van der Waals surface area contributed by atoms with Crippen LogP contribution in [-0.4, -0.2) is 53.3 Å². The summed E-state index contributed by atoms with van der Waals surface area (Å²) in [7, 11) is 0. The van der Waals surface area contributed by atoms with Crippen molar-refractivity contribution in [2.75, 3.05) is 13.1 Å². The predicted molar refractivity (Wildman–Crippen MR) is 61.4 cm³/mol. The van der Waals surface area contributed by atoms with Crippen LogP contribution in [0.1, 0.15) is 27.2 Å². The van der Waals surface area contributed by atoms with E-state index < -0.39 is 23.8 Å². The fourth-order valence-corrected chi connectivity index (χ4v) is 1.68. The highest BCUT2D eigenvalue weighted by Gasteiger charge is 2.32. The Kier molecular flexibility index (Phi) is 4.34. The van der Waals surface area contributed by atoms with E-state index in [-0.39, 0.29) is 6.54 Å². The van der Waals surface area contributed by atoms with Crippen molar-refractivity contribution in [3.63, 3.8) is 0 Å². The number of rotatable bonds is 2. The van der Waals surface area contributed by atoms with Gasteiger partial charge in [0.1, 0.15) is 5.60 Å². The summed E-state index contributed by atoms with van der Waals surface area (Å²) in [6.07, 6.45) is -0.0574. The second-order valence-electron chi connectivity index (χ2n) is 5.17. The number of piperidine rings is 1. The zero-order valence-electron chi connectivity index (χ0n) is 10.5. The number of carbonyl (C=O) groups is 2. The monoisotopic (exact) mass is 244 g/mol. The molecule has 17 heavy (non-hydrogen) atoms. The largest absolute Gasteiger partial charge is 0.444 e. The van der Waals surface area contributed by atoms with E-state index in [0.717, 1.165) is 0 Å². The maximum Gasteiger partial charge on any atom is 0.410 e. The van der Waals surface area contributed by atoms with Crippen LogP contribution in [0.2, 0.25) is 0 Å². The lowest BCUT2D eigenvalue weighted by atomic mass is 10.0. The van der Waals surface area contributed by atoms with E-state index in [9.17, 15) is 14.7 Å². The van der Waals surface area contributed by atoms with Crippen molar-refractivity contribution in [3.05, 3.63) is 0 Å². The summed E-state index contributed by atoms with van der Waals surface area (Å²) in [6.45, 7) is 6.10. The molecule has 0 bridgehead atoms. The molecule has 0 aromatic rings. The van der Waals surface area contributed by atoms with E-state index in [4.69, 9.17) is 4.74 Å². The molecule has 0 spiro atoms. The Bertz CT molecular complexity index is 288. The van der Waals surface area contributed by atoms with Crippen molar-refractivity contribution in [2.24, 2.45) is 0 Å². The highest BCUT2D eigenvalue weighted by Crippen LogP contribution is 2.15. The summed E-state index contributed by atoms with van der Waals surface area (Å²) in [5.41, 5.74) is -0.541. The molecule has 1 aliphatic heterocycles. The van der Waals surface area contributed by atoms with Gasteiger partial charge in [-0.15, -0.1) is 0 Å². The molecule has 98 valence electrons. The number of nitrogens with zero attached hydrogens (tertiary/aromatic N) is 1. The molecular formula is C11H20N2O4. The summed E-state index contributed by atoms with van der Waals surface area (Å²) < 4.78 is 5.23. The maximum atomic E-state index is 11.8. The third-order valence-electron chi connectivity index (χ3n) is 2.51. The van der Waals surface area contributed by atoms with Gasteiger partial charge in [-0.3, -0.25) is 4.79 Å². The van der Waals surface area contributed by atoms with Crippen molar-refractivity contribution in [3.8, 4) is 0 Å². The summed E-state index contributed by atoms with van der Waals surface area (Å²) in [4.78, 5) is 23.6. The molecule has 2 amide bonds. The average molecular weight is 244 g/mol. The third-order valence-corrected chi connectivity index (χ3v) is 2.51. The van der Waals surface area contributed by atoms with Gasteiger partial charge in [-0.1, -0.05) is 0 Å². The van der Waals surface area contributed by atoms with Gasteiger partial charge in [-0.2, -0.15) is 0 Å². The summed E-state index contributed by atoms with van der Waals surface area (Å²) in [6, 6.07) is -0.422. The molecular weight excluding hydrogens is 224 g/mol. The normalized spacial score (nSPS) is 25.3. The molecule has 2 atom stereocenters. The molecule has 0 aromatic heterocycles. The van der Waals surface area contributed by atoms with E-state index in [1.165, 1.54) is 4.90 Å². The number of aliphatic hydroxyl groups is 1. The Balaban J connectivity index is 2.55. The van der Waals surface area contributed by atoms with Gasteiger partial charge in [-0.25, -0.2) is 4.79 Å². The molecule has 0 radical (unpaired) electrons. The van der Waals surface area contributed by atoms with Crippen LogP contribution < -0.4 is 5.32 Å². The third kappa shape index (κ3) is 4.22. The van der Waals surface area contributed by atoms with Crippen LogP contribution in [-0.2, 0) is 9.53 Å². The predicted octanol–water partition coefficient (Wildman–Crippen LogP) is 0.103. The maximum absolute atomic E-state index is 11.8. The number of nitrogens with one attached hydrogen (secondary N) is 1. The summed E-state index contributed by atoms with van der Waals surface area (Å²) in [5.74, 6) is 0. The molecule has 0 aliphatic carbocycles. The van der Waals surface area contributed by atoms with Gasteiger partial charge in [0.25, 0.3) is 0 Å². The lowest BCUT2D eigenvalue weighted by molar-refractivity contribution is -0.111. The molecule has 0 saturated carbocycles. The van der Waals surface area contributed by atoms with E-state index in [1.54, 1.807) is 20.8 Å². The quantitative estimate of drug-likeness (QED) is 0.675. The Morgan fingerprint density at radius 3 is 2.71 bits per heavy atom. The van der Waals surface area contributed by atoms with Crippen molar-refractivity contribution in [1.82, 2.24) is 10.2 Å². The standard InChI is InChI=1S/C11H20N2O4/c1-11(2,3)17-10(16)13-5-4-9(15)8(6-13)12-7-14/h7-9,15H,4-6H2,1-3H3,(H,12,14). The number of ether oxygens (including phenoxy) is 1. The van der Waals surface area contributed by atoms with Crippen LogP contribution in [0.5, 0.6) is 0 Å². The number of hydrogen-bond acceptors (Lipinski definition) is 4. The van der Waals surface area contributed by atoms with Gasteiger partial charge in [-0.05, 0) is 27.2 Å². The zero-order valence-corrected chi connectivity index (χ0v) is 10.5.